The molecule has 1 rings (SSSR count). The van der Waals surface area contributed by atoms with Gasteiger partial charge >= 0.3 is 0 Å². The summed E-state index contributed by atoms with van der Waals surface area (Å²) >= 11 is 0. The Morgan fingerprint density at radius 3 is 2.65 bits per heavy atom. The first-order valence-electron chi connectivity index (χ1n) is 7.68. The second-order valence-electron chi connectivity index (χ2n) is 7.07. The van der Waals surface area contributed by atoms with Crippen molar-refractivity contribution in [1.29, 1.82) is 0 Å². The molecule has 2 atom stereocenters. The second kappa shape index (κ2) is 7.74. The summed E-state index contributed by atoms with van der Waals surface area (Å²) in [6, 6.07) is 0.257. The van der Waals surface area contributed by atoms with Crippen molar-refractivity contribution in [3.05, 3.63) is 12.2 Å². The van der Waals surface area contributed by atoms with Gasteiger partial charge in [0.1, 0.15) is 12.2 Å². The fraction of sp³-hybridized carbons (Fsp3) is 0.867. The Labute approximate surface area is 123 Å². The Kier molecular flexibility index (Phi) is 6.62. The lowest BCUT2D eigenvalue weighted by atomic mass is 9.82. The Morgan fingerprint density at radius 1 is 1.40 bits per heavy atom. The van der Waals surface area contributed by atoms with Gasteiger partial charge in [0, 0.05) is 19.0 Å². The number of hydrogen-bond donors (Lipinski definition) is 2. The van der Waals surface area contributed by atoms with Gasteiger partial charge in [0.25, 0.3) is 0 Å². The molecule has 1 aromatic heterocycles. The molecule has 2 unspecified atom stereocenters. The fourth-order valence-corrected chi connectivity index (χ4v) is 2.89. The van der Waals surface area contributed by atoms with E-state index in [-0.39, 0.29) is 6.04 Å². The Bertz CT molecular complexity index is 380. The molecule has 116 valence electrons. The largest absolute Gasteiger partial charge is 0.271 e. The average molecular weight is 281 g/mol. The molecular formula is C15H31N5. The zero-order valence-corrected chi connectivity index (χ0v) is 13.7. The van der Waals surface area contributed by atoms with Gasteiger partial charge in [0.05, 0.1) is 0 Å². The van der Waals surface area contributed by atoms with Crippen LogP contribution in [0.25, 0.3) is 0 Å². The minimum atomic E-state index is 0.257. The summed E-state index contributed by atoms with van der Waals surface area (Å²) in [6.07, 6.45) is 5.80. The van der Waals surface area contributed by atoms with Gasteiger partial charge in [-0.2, -0.15) is 5.10 Å². The van der Waals surface area contributed by atoms with Gasteiger partial charge in [-0.15, -0.1) is 0 Å². The van der Waals surface area contributed by atoms with Crippen LogP contribution in [0.3, 0.4) is 0 Å². The first kappa shape index (κ1) is 17.1. The zero-order valence-electron chi connectivity index (χ0n) is 13.7. The van der Waals surface area contributed by atoms with Crippen LogP contribution in [0, 0.1) is 11.3 Å². The standard InChI is InChI=1S/C15H31N5/c1-6-7-20-14(17-11-18-20)9-13(19-16)8-12(2)10-15(3,4)5/h11-13,19H,6-10,16H2,1-5H3. The number of nitrogens with one attached hydrogen (secondary N) is 1. The van der Waals surface area contributed by atoms with E-state index in [9.17, 15) is 0 Å². The van der Waals surface area contributed by atoms with Gasteiger partial charge in [-0.05, 0) is 30.6 Å². The third-order valence-corrected chi connectivity index (χ3v) is 3.44. The van der Waals surface area contributed by atoms with Crippen LogP contribution in [0.5, 0.6) is 0 Å². The summed E-state index contributed by atoms with van der Waals surface area (Å²) in [5.41, 5.74) is 3.31. The normalized spacial score (nSPS) is 15.3. The number of aromatic nitrogens is 3. The van der Waals surface area contributed by atoms with Crippen molar-refractivity contribution in [1.82, 2.24) is 20.2 Å². The monoisotopic (exact) mass is 281 g/mol. The third kappa shape index (κ3) is 6.01. The summed E-state index contributed by atoms with van der Waals surface area (Å²) in [4.78, 5) is 4.36. The molecule has 1 aromatic rings. The van der Waals surface area contributed by atoms with Crippen molar-refractivity contribution in [2.45, 2.75) is 72.9 Å². The van der Waals surface area contributed by atoms with Gasteiger partial charge in [0.2, 0.25) is 0 Å². The average Bonchev–Trinajstić information content (AvgIpc) is 2.74. The van der Waals surface area contributed by atoms with Crippen molar-refractivity contribution in [2.24, 2.45) is 17.2 Å². The molecule has 20 heavy (non-hydrogen) atoms. The van der Waals surface area contributed by atoms with E-state index < -0.39 is 0 Å². The number of hydrazine groups is 1. The minimum absolute atomic E-state index is 0.257. The summed E-state index contributed by atoms with van der Waals surface area (Å²) in [5, 5.41) is 4.27. The molecule has 0 fully saturated rings. The van der Waals surface area contributed by atoms with Gasteiger partial charge in [-0.3, -0.25) is 16.0 Å². The lowest BCUT2D eigenvalue weighted by Gasteiger charge is -2.26. The molecule has 0 spiro atoms. The zero-order chi connectivity index (χ0) is 15.2. The van der Waals surface area contributed by atoms with Crippen LogP contribution in [0.2, 0.25) is 0 Å². The Balaban J connectivity index is 2.56. The quantitative estimate of drug-likeness (QED) is 0.567. The van der Waals surface area contributed by atoms with Crippen LogP contribution in [-0.2, 0) is 13.0 Å². The summed E-state index contributed by atoms with van der Waals surface area (Å²) in [6.45, 7) is 12.2. The predicted molar refractivity (Wildman–Crippen MR) is 83.0 cm³/mol. The molecule has 1 heterocycles. The molecule has 0 aliphatic rings. The molecule has 0 aliphatic heterocycles. The Morgan fingerprint density at radius 2 is 2.10 bits per heavy atom. The van der Waals surface area contributed by atoms with Gasteiger partial charge in [-0.1, -0.05) is 34.6 Å². The van der Waals surface area contributed by atoms with Crippen LogP contribution >= 0.6 is 0 Å². The molecule has 0 radical (unpaired) electrons. The maximum Gasteiger partial charge on any atom is 0.138 e. The van der Waals surface area contributed by atoms with E-state index in [4.69, 9.17) is 5.84 Å². The SMILES string of the molecule is CCCn1ncnc1CC(CC(C)CC(C)(C)C)NN. The fourth-order valence-electron chi connectivity index (χ4n) is 2.89. The molecule has 0 bridgehead atoms. The first-order valence-corrected chi connectivity index (χ1v) is 7.68. The van der Waals surface area contributed by atoms with E-state index >= 15 is 0 Å². The lowest BCUT2D eigenvalue weighted by molar-refractivity contribution is 0.273. The molecule has 5 heteroatoms. The number of hydrogen-bond acceptors (Lipinski definition) is 4. The molecule has 0 saturated carbocycles. The van der Waals surface area contributed by atoms with Gasteiger partial charge < -0.3 is 0 Å². The van der Waals surface area contributed by atoms with Crippen LogP contribution in [-0.4, -0.2) is 20.8 Å². The maximum atomic E-state index is 5.72. The van der Waals surface area contributed by atoms with Crippen LogP contribution in [0.1, 0.15) is 59.7 Å². The Hall–Kier alpha value is -0.940. The van der Waals surface area contributed by atoms with Crippen LogP contribution < -0.4 is 11.3 Å². The lowest BCUT2D eigenvalue weighted by Crippen LogP contribution is -2.39. The highest BCUT2D eigenvalue weighted by molar-refractivity contribution is 4.90. The maximum absolute atomic E-state index is 5.72. The van der Waals surface area contributed by atoms with Crippen molar-refractivity contribution in [3.8, 4) is 0 Å². The molecule has 0 aliphatic carbocycles. The summed E-state index contributed by atoms with van der Waals surface area (Å²) in [7, 11) is 0. The van der Waals surface area contributed by atoms with E-state index in [0.717, 1.165) is 31.6 Å². The van der Waals surface area contributed by atoms with Crippen molar-refractivity contribution >= 4 is 0 Å². The number of nitrogens with zero attached hydrogens (tertiary/aromatic N) is 3. The van der Waals surface area contributed by atoms with E-state index in [0.29, 0.717) is 11.3 Å². The molecule has 3 N–H and O–H groups in total. The van der Waals surface area contributed by atoms with Crippen LogP contribution in [0.15, 0.2) is 6.33 Å². The molecule has 0 saturated heterocycles. The van der Waals surface area contributed by atoms with E-state index in [1.807, 2.05) is 4.68 Å². The van der Waals surface area contributed by atoms with Crippen molar-refractivity contribution < 1.29 is 0 Å². The minimum Gasteiger partial charge on any atom is -0.271 e. The second-order valence-corrected chi connectivity index (χ2v) is 7.07. The highest BCUT2D eigenvalue weighted by Crippen LogP contribution is 2.27. The topological polar surface area (TPSA) is 68.8 Å². The third-order valence-electron chi connectivity index (χ3n) is 3.44. The molecule has 0 aromatic carbocycles. The molecular weight excluding hydrogens is 250 g/mol. The summed E-state index contributed by atoms with van der Waals surface area (Å²) < 4.78 is 1.98. The number of nitrogens with two attached hydrogens (primary N) is 1. The number of rotatable bonds is 8. The smallest absolute Gasteiger partial charge is 0.138 e. The number of aryl methyl sites for hydroxylation is 1. The van der Waals surface area contributed by atoms with Crippen molar-refractivity contribution in [3.63, 3.8) is 0 Å². The molecule has 5 nitrogen and oxygen atoms in total. The first-order chi connectivity index (χ1) is 9.35. The predicted octanol–water partition coefficient (Wildman–Crippen LogP) is 2.52. The summed E-state index contributed by atoms with van der Waals surface area (Å²) in [5.74, 6) is 7.38. The van der Waals surface area contributed by atoms with E-state index in [1.54, 1.807) is 6.33 Å². The van der Waals surface area contributed by atoms with E-state index in [2.05, 4.69) is 50.1 Å². The molecule has 0 amide bonds. The van der Waals surface area contributed by atoms with Gasteiger partial charge in [-0.25, -0.2) is 4.98 Å². The van der Waals surface area contributed by atoms with Gasteiger partial charge in [0.15, 0.2) is 0 Å². The highest BCUT2D eigenvalue weighted by atomic mass is 15.3. The van der Waals surface area contributed by atoms with E-state index in [1.165, 1.54) is 6.42 Å². The van der Waals surface area contributed by atoms with Crippen LogP contribution in [0.4, 0.5) is 0 Å². The highest BCUT2D eigenvalue weighted by Gasteiger charge is 2.20. The van der Waals surface area contributed by atoms with Crippen molar-refractivity contribution in [2.75, 3.05) is 0 Å².